The molecule has 0 aromatic rings. The van der Waals surface area contributed by atoms with Crippen molar-refractivity contribution >= 4 is 5.91 Å². The van der Waals surface area contributed by atoms with Crippen molar-refractivity contribution in [3.8, 4) is 0 Å². The van der Waals surface area contributed by atoms with Crippen LogP contribution in [0.4, 0.5) is 0 Å². The Balaban J connectivity index is 1.66. The molecule has 0 aromatic heterocycles. The number of nitrogens with one attached hydrogen (secondary N) is 2. The quantitative estimate of drug-likeness (QED) is 0.713. The standard InChI is InChI=1S/C11H20N2O2/c14-11(10-5-1-2-6-12-10)13-8-9-4-3-7-15-9/h9-10,12H,1-8H2,(H,13,14)/t9-,10-/m0/s1. The van der Waals surface area contributed by atoms with Crippen LogP contribution in [0.15, 0.2) is 0 Å². The smallest absolute Gasteiger partial charge is 0.237 e. The zero-order chi connectivity index (χ0) is 10.5. The van der Waals surface area contributed by atoms with Crippen molar-refractivity contribution in [2.24, 2.45) is 0 Å². The summed E-state index contributed by atoms with van der Waals surface area (Å²) in [5.74, 6) is 0.144. The number of hydrogen-bond donors (Lipinski definition) is 2. The third kappa shape index (κ3) is 3.18. The number of hydrogen-bond acceptors (Lipinski definition) is 3. The van der Waals surface area contributed by atoms with E-state index in [0.29, 0.717) is 6.54 Å². The van der Waals surface area contributed by atoms with Gasteiger partial charge in [0.2, 0.25) is 5.91 Å². The topological polar surface area (TPSA) is 50.4 Å². The zero-order valence-electron chi connectivity index (χ0n) is 9.13. The molecule has 1 amide bonds. The fourth-order valence-corrected chi connectivity index (χ4v) is 2.22. The molecule has 2 fully saturated rings. The van der Waals surface area contributed by atoms with Crippen LogP contribution in [0.25, 0.3) is 0 Å². The summed E-state index contributed by atoms with van der Waals surface area (Å²) in [7, 11) is 0. The highest BCUT2D eigenvalue weighted by molar-refractivity contribution is 5.81. The van der Waals surface area contributed by atoms with E-state index in [1.54, 1.807) is 0 Å². The molecule has 0 aliphatic carbocycles. The molecular formula is C11H20N2O2. The van der Waals surface area contributed by atoms with Crippen molar-refractivity contribution in [1.29, 1.82) is 0 Å². The molecule has 0 radical (unpaired) electrons. The number of rotatable bonds is 3. The SMILES string of the molecule is O=C(NC[C@@H]1CCCO1)[C@@H]1CCCCN1. The van der Waals surface area contributed by atoms with Gasteiger partial charge in [0.05, 0.1) is 12.1 Å². The van der Waals surface area contributed by atoms with Crippen LogP contribution in [0.5, 0.6) is 0 Å². The Labute approximate surface area is 90.8 Å². The third-order valence-corrected chi connectivity index (χ3v) is 3.15. The summed E-state index contributed by atoms with van der Waals surface area (Å²) in [4.78, 5) is 11.7. The molecule has 86 valence electrons. The van der Waals surface area contributed by atoms with Crippen molar-refractivity contribution in [1.82, 2.24) is 10.6 Å². The molecule has 2 rings (SSSR count). The number of piperidine rings is 1. The Hall–Kier alpha value is -0.610. The normalized spacial score (nSPS) is 31.5. The first-order valence-corrected chi connectivity index (χ1v) is 5.99. The van der Waals surface area contributed by atoms with Crippen LogP contribution in [0.3, 0.4) is 0 Å². The summed E-state index contributed by atoms with van der Waals surface area (Å²) >= 11 is 0. The lowest BCUT2D eigenvalue weighted by atomic mass is 10.0. The number of carbonyl (C=O) groups excluding carboxylic acids is 1. The van der Waals surface area contributed by atoms with Gasteiger partial charge in [0, 0.05) is 13.2 Å². The van der Waals surface area contributed by atoms with Gasteiger partial charge < -0.3 is 15.4 Å². The van der Waals surface area contributed by atoms with Crippen LogP contribution in [0.2, 0.25) is 0 Å². The second-order valence-electron chi connectivity index (χ2n) is 4.38. The Morgan fingerprint density at radius 3 is 2.93 bits per heavy atom. The average molecular weight is 212 g/mol. The molecule has 2 N–H and O–H groups in total. The summed E-state index contributed by atoms with van der Waals surface area (Å²) in [6, 6.07) is 0.0279. The van der Waals surface area contributed by atoms with E-state index < -0.39 is 0 Å². The number of carbonyl (C=O) groups is 1. The minimum Gasteiger partial charge on any atom is -0.376 e. The molecule has 4 heteroatoms. The van der Waals surface area contributed by atoms with Crippen molar-refractivity contribution < 1.29 is 9.53 Å². The second kappa shape index (κ2) is 5.47. The van der Waals surface area contributed by atoms with Gasteiger partial charge in [-0.25, -0.2) is 0 Å². The molecule has 15 heavy (non-hydrogen) atoms. The van der Waals surface area contributed by atoms with E-state index in [4.69, 9.17) is 4.74 Å². The predicted octanol–water partition coefficient (Wildman–Crippen LogP) is 0.424. The lowest BCUT2D eigenvalue weighted by molar-refractivity contribution is -0.124. The molecule has 0 unspecified atom stereocenters. The van der Waals surface area contributed by atoms with Gasteiger partial charge in [-0.05, 0) is 32.2 Å². The van der Waals surface area contributed by atoms with E-state index in [2.05, 4.69) is 10.6 Å². The first-order chi connectivity index (χ1) is 7.36. The van der Waals surface area contributed by atoms with Crippen LogP contribution in [-0.4, -0.2) is 37.7 Å². The van der Waals surface area contributed by atoms with Crippen LogP contribution in [0.1, 0.15) is 32.1 Å². The van der Waals surface area contributed by atoms with Gasteiger partial charge in [0.25, 0.3) is 0 Å². The summed E-state index contributed by atoms with van der Waals surface area (Å²) < 4.78 is 5.46. The lowest BCUT2D eigenvalue weighted by Gasteiger charge is -2.23. The van der Waals surface area contributed by atoms with Gasteiger partial charge in [0.15, 0.2) is 0 Å². The fourth-order valence-electron chi connectivity index (χ4n) is 2.22. The van der Waals surface area contributed by atoms with Crippen LogP contribution < -0.4 is 10.6 Å². The fraction of sp³-hybridized carbons (Fsp3) is 0.909. The molecule has 2 saturated heterocycles. The largest absolute Gasteiger partial charge is 0.376 e. The van der Waals surface area contributed by atoms with Gasteiger partial charge in [0.1, 0.15) is 0 Å². The van der Waals surface area contributed by atoms with Gasteiger partial charge in [-0.15, -0.1) is 0 Å². The third-order valence-electron chi connectivity index (χ3n) is 3.15. The van der Waals surface area contributed by atoms with Crippen LogP contribution >= 0.6 is 0 Å². The first-order valence-electron chi connectivity index (χ1n) is 5.99. The maximum absolute atomic E-state index is 11.7. The van der Waals surface area contributed by atoms with Gasteiger partial charge in [-0.2, -0.15) is 0 Å². The molecule has 4 nitrogen and oxygen atoms in total. The highest BCUT2D eigenvalue weighted by Gasteiger charge is 2.22. The number of amides is 1. The monoisotopic (exact) mass is 212 g/mol. The molecule has 2 atom stereocenters. The molecule has 2 aliphatic rings. The van der Waals surface area contributed by atoms with Gasteiger partial charge in [-0.1, -0.05) is 6.42 Å². The van der Waals surface area contributed by atoms with Crippen molar-refractivity contribution in [3.63, 3.8) is 0 Å². The van der Waals surface area contributed by atoms with E-state index >= 15 is 0 Å². The van der Waals surface area contributed by atoms with Crippen molar-refractivity contribution in [2.75, 3.05) is 19.7 Å². The molecule has 2 aliphatic heterocycles. The molecule has 2 heterocycles. The molecule has 0 spiro atoms. The highest BCUT2D eigenvalue weighted by Crippen LogP contribution is 2.11. The lowest BCUT2D eigenvalue weighted by Crippen LogP contribution is -2.48. The molecule has 0 saturated carbocycles. The summed E-state index contributed by atoms with van der Waals surface area (Å²) in [6.07, 6.45) is 5.77. The summed E-state index contributed by atoms with van der Waals surface area (Å²) in [5, 5.41) is 6.21. The molecule has 0 bridgehead atoms. The predicted molar refractivity (Wildman–Crippen MR) is 57.6 cm³/mol. The maximum Gasteiger partial charge on any atom is 0.237 e. The van der Waals surface area contributed by atoms with Gasteiger partial charge >= 0.3 is 0 Å². The highest BCUT2D eigenvalue weighted by atomic mass is 16.5. The molecular weight excluding hydrogens is 192 g/mol. The van der Waals surface area contributed by atoms with Crippen molar-refractivity contribution in [2.45, 2.75) is 44.2 Å². The summed E-state index contributed by atoms with van der Waals surface area (Å²) in [6.45, 7) is 2.50. The Kier molecular flexibility index (Phi) is 3.97. The van der Waals surface area contributed by atoms with Crippen LogP contribution in [-0.2, 0) is 9.53 Å². The minimum atomic E-state index is 0.0279. The number of ether oxygens (including phenoxy) is 1. The van der Waals surface area contributed by atoms with Crippen LogP contribution in [0, 0.1) is 0 Å². The van der Waals surface area contributed by atoms with E-state index in [1.807, 2.05) is 0 Å². The van der Waals surface area contributed by atoms with Gasteiger partial charge in [-0.3, -0.25) is 4.79 Å². The van der Waals surface area contributed by atoms with Crippen molar-refractivity contribution in [3.05, 3.63) is 0 Å². The van der Waals surface area contributed by atoms with E-state index in [1.165, 1.54) is 6.42 Å². The Bertz CT molecular complexity index is 209. The van der Waals surface area contributed by atoms with E-state index in [9.17, 15) is 4.79 Å². The second-order valence-corrected chi connectivity index (χ2v) is 4.38. The first kappa shape index (κ1) is 10.9. The Morgan fingerprint density at radius 1 is 1.33 bits per heavy atom. The van der Waals surface area contributed by atoms with E-state index in [0.717, 1.165) is 38.8 Å². The summed E-state index contributed by atoms with van der Waals surface area (Å²) in [5.41, 5.74) is 0. The average Bonchev–Trinajstić information content (AvgIpc) is 2.80. The Morgan fingerprint density at radius 2 is 2.27 bits per heavy atom. The van der Waals surface area contributed by atoms with E-state index in [-0.39, 0.29) is 18.1 Å². The minimum absolute atomic E-state index is 0.0279. The molecule has 0 aromatic carbocycles. The zero-order valence-corrected chi connectivity index (χ0v) is 9.13. The maximum atomic E-state index is 11.7.